The van der Waals surface area contributed by atoms with E-state index in [4.69, 9.17) is 0 Å². The molecule has 0 amide bonds. The molecule has 3 heteroatoms. The Labute approximate surface area is 89.9 Å². The van der Waals surface area contributed by atoms with Crippen LogP contribution in [0, 0.1) is 17.8 Å². The first-order valence-corrected chi connectivity index (χ1v) is 5.60. The Bertz CT molecular complexity index is 327. The summed E-state index contributed by atoms with van der Waals surface area (Å²) in [6.45, 7) is 3.21. The van der Waals surface area contributed by atoms with E-state index in [9.17, 15) is 4.39 Å². The number of hydrogen-bond donors (Lipinski definition) is 1. The van der Waals surface area contributed by atoms with Crippen LogP contribution in [0.3, 0.4) is 0 Å². The molecule has 1 aliphatic carbocycles. The zero-order chi connectivity index (χ0) is 10.7. The van der Waals surface area contributed by atoms with Gasteiger partial charge in [-0.15, -0.1) is 0 Å². The average molecular weight is 208 g/mol. The van der Waals surface area contributed by atoms with E-state index in [1.807, 2.05) is 6.07 Å². The second kappa shape index (κ2) is 4.60. The Morgan fingerprint density at radius 3 is 3.00 bits per heavy atom. The summed E-state index contributed by atoms with van der Waals surface area (Å²) in [5, 5.41) is 3.20. The summed E-state index contributed by atoms with van der Waals surface area (Å²) in [6.07, 6.45) is 3.88. The Morgan fingerprint density at radius 1 is 1.47 bits per heavy atom. The van der Waals surface area contributed by atoms with Crippen LogP contribution in [0.4, 0.5) is 10.2 Å². The van der Waals surface area contributed by atoms with Crippen LogP contribution >= 0.6 is 0 Å². The summed E-state index contributed by atoms with van der Waals surface area (Å²) in [5.74, 6) is 1.80. The van der Waals surface area contributed by atoms with Gasteiger partial charge in [-0.25, -0.2) is 4.98 Å². The van der Waals surface area contributed by atoms with Crippen molar-refractivity contribution in [3.63, 3.8) is 0 Å². The summed E-state index contributed by atoms with van der Waals surface area (Å²) in [6, 6.07) is 4.85. The number of nitrogens with zero attached hydrogens (tertiary/aromatic N) is 1. The highest BCUT2D eigenvalue weighted by atomic mass is 19.1. The summed E-state index contributed by atoms with van der Waals surface area (Å²) >= 11 is 0. The van der Waals surface area contributed by atoms with E-state index in [0.29, 0.717) is 5.82 Å². The molecule has 82 valence electrons. The normalized spacial score (nSPS) is 25.5. The van der Waals surface area contributed by atoms with Gasteiger partial charge in [0.05, 0.1) is 0 Å². The van der Waals surface area contributed by atoms with Crippen LogP contribution in [0.25, 0.3) is 0 Å². The molecule has 1 aromatic heterocycles. The quantitative estimate of drug-likeness (QED) is 0.772. The van der Waals surface area contributed by atoms with Crippen LogP contribution in [-0.4, -0.2) is 11.5 Å². The predicted molar refractivity (Wildman–Crippen MR) is 59.2 cm³/mol. The van der Waals surface area contributed by atoms with Crippen LogP contribution in [0.5, 0.6) is 0 Å². The SMILES string of the molecule is CC1CCC(CNc2cccc(F)n2)C1. The first kappa shape index (κ1) is 10.4. The van der Waals surface area contributed by atoms with Gasteiger partial charge in [0, 0.05) is 6.54 Å². The van der Waals surface area contributed by atoms with Crippen molar-refractivity contribution in [3.8, 4) is 0 Å². The highest BCUT2D eigenvalue weighted by Gasteiger charge is 2.20. The lowest BCUT2D eigenvalue weighted by Crippen LogP contribution is -2.12. The third-order valence-corrected chi connectivity index (χ3v) is 3.09. The van der Waals surface area contributed by atoms with Gasteiger partial charge in [-0.2, -0.15) is 4.39 Å². The van der Waals surface area contributed by atoms with Crippen molar-refractivity contribution in [2.24, 2.45) is 11.8 Å². The molecule has 15 heavy (non-hydrogen) atoms. The second-order valence-electron chi connectivity index (χ2n) is 4.51. The Hall–Kier alpha value is -1.12. The average Bonchev–Trinajstić information content (AvgIpc) is 2.62. The number of rotatable bonds is 3. The van der Waals surface area contributed by atoms with Crippen LogP contribution < -0.4 is 5.32 Å². The van der Waals surface area contributed by atoms with Gasteiger partial charge in [-0.05, 0) is 36.8 Å². The van der Waals surface area contributed by atoms with Crippen molar-refractivity contribution < 1.29 is 4.39 Å². The van der Waals surface area contributed by atoms with Crippen LogP contribution in [-0.2, 0) is 0 Å². The summed E-state index contributed by atoms with van der Waals surface area (Å²) in [5.41, 5.74) is 0. The molecule has 2 rings (SSSR count). The third-order valence-electron chi connectivity index (χ3n) is 3.09. The van der Waals surface area contributed by atoms with Crippen LogP contribution in [0.15, 0.2) is 18.2 Å². The summed E-state index contributed by atoms with van der Waals surface area (Å²) in [7, 11) is 0. The monoisotopic (exact) mass is 208 g/mol. The largest absolute Gasteiger partial charge is 0.370 e. The molecule has 0 aliphatic heterocycles. The second-order valence-corrected chi connectivity index (χ2v) is 4.51. The number of aromatic nitrogens is 1. The highest BCUT2D eigenvalue weighted by Crippen LogP contribution is 2.30. The maximum atomic E-state index is 12.8. The molecule has 2 nitrogen and oxygen atoms in total. The van der Waals surface area contributed by atoms with Gasteiger partial charge in [0.25, 0.3) is 0 Å². The summed E-state index contributed by atoms with van der Waals surface area (Å²) < 4.78 is 12.8. The first-order valence-electron chi connectivity index (χ1n) is 5.60. The molecule has 1 aromatic rings. The van der Waals surface area contributed by atoms with E-state index in [1.54, 1.807) is 6.07 Å². The first-order chi connectivity index (χ1) is 7.24. The van der Waals surface area contributed by atoms with Crippen molar-refractivity contribution in [1.82, 2.24) is 4.98 Å². The Morgan fingerprint density at radius 2 is 2.33 bits per heavy atom. The minimum atomic E-state index is -0.417. The van der Waals surface area contributed by atoms with Crippen LogP contribution in [0.1, 0.15) is 26.2 Å². The fourth-order valence-corrected chi connectivity index (χ4v) is 2.27. The van der Waals surface area contributed by atoms with E-state index >= 15 is 0 Å². The molecule has 2 atom stereocenters. The topological polar surface area (TPSA) is 24.9 Å². The lowest BCUT2D eigenvalue weighted by Gasteiger charge is -2.11. The molecule has 0 spiro atoms. The highest BCUT2D eigenvalue weighted by molar-refractivity contribution is 5.33. The standard InChI is InChI=1S/C12H17FN2/c1-9-5-6-10(7-9)8-14-12-4-2-3-11(13)15-12/h2-4,9-10H,5-8H2,1H3,(H,14,15). The third kappa shape index (κ3) is 2.91. The van der Waals surface area contributed by atoms with E-state index in [2.05, 4.69) is 17.2 Å². The van der Waals surface area contributed by atoms with Gasteiger partial charge in [-0.3, -0.25) is 0 Å². The molecule has 0 radical (unpaired) electrons. The smallest absolute Gasteiger partial charge is 0.214 e. The molecule has 1 fully saturated rings. The zero-order valence-electron chi connectivity index (χ0n) is 9.04. The van der Waals surface area contributed by atoms with E-state index < -0.39 is 5.95 Å². The number of anilines is 1. The minimum Gasteiger partial charge on any atom is -0.370 e. The van der Waals surface area contributed by atoms with Gasteiger partial charge >= 0.3 is 0 Å². The van der Waals surface area contributed by atoms with Crippen molar-refractivity contribution in [2.45, 2.75) is 26.2 Å². The Balaban J connectivity index is 1.83. The Kier molecular flexibility index (Phi) is 3.19. The van der Waals surface area contributed by atoms with Crippen molar-refractivity contribution in [2.75, 3.05) is 11.9 Å². The molecular formula is C12H17FN2. The number of pyridine rings is 1. The van der Waals surface area contributed by atoms with Gasteiger partial charge in [0.2, 0.25) is 5.95 Å². The number of nitrogens with one attached hydrogen (secondary N) is 1. The van der Waals surface area contributed by atoms with Gasteiger partial charge < -0.3 is 5.32 Å². The molecule has 1 N–H and O–H groups in total. The molecule has 0 saturated heterocycles. The van der Waals surface area contributed by atoms with Crippen molar-refractivity contribution in [1.29, 1.82) is 0 Å². The molecule has 1 heterocycles. The molecular weight excluding hydrogens is 191 g/mol. The zero-order valence-corrected chi connectivity index (χ0v) is 9.04. The van der Waals surface area contributed by atoms with E-state index in [1.165, 1.54) is 25.3 Å². The van der Waals surface area contributed by atoms with Gasteiger partial charge in [-0.1, -0.05) is 19.4 Å². The molecule has 2 unspecified atom stereocenters. The van der Waals surface area contributed by atoms with Crippen molar-refractivity contribution in [3.05, 3.63) is 24.1 Å². The molecule has 0 bridgehead atoms. The lowest BCUT2D eigenvalue weighted by atomic mass is 10.1. The number of halogens is 1. The lowest BCUT2D eigenvalue weighted by molar-refractivity contribution is 0.535. The van der Waals surface area contributed by atoms with E-state index in [0.717, 1.165) is 18.4 Å². The maximum Gasteiger partial charge on any atom is 0.214 e. The fourth-order valence-electron chi connectivity index (χ4n) is 2.27. The minimum absolute atomic E-state index is 0.417. The molecule has 0 aromatic carbocycles. The number of hydrogen-bond acceptors (Lipinski definition) is 2. The van der Waals surface area contributed by atoms with Gasteiger partial charge in [0.1, 0.15) is 5.82 Å². The van der Waals surface area contributed by atoms with E-state index in [-0.39, 0.29) is 0 Å². The van der Waals surface area contributed by atoms with Gasteiger partial charge in [0.15, 0.2) is 0 Å². The summed E-state index contributed by atoms with van der Waals surface area (Å²) in [4.78, 5) is 3.78. The molecule has 1 aliphatic rings. The molecule has 1 saturated carbocycles. The van der Waals surface area contributed by atoms with Crippen molar-refractivity contribution >= 4 is 5.82 Å². The maximum absolute atomic E-state index is 12.8. The fraction of sp³-hybridized carbons (Fsp3) is 0.583. The van der Waals surface area contributed by atoms with Crippen LogP contribution in [0.2, 0.25) is 0 Å². The predicted octanol–water partition coefficient (Wildman–Crippen LogP) is 3.07.